The van der Waals surface area contributed by atoms with Gasteiger partial charge >= 0.3 is 0 Å². The van der Waals surface area contributed by atoms with Gasteiger partial charge in [0.2, 0.25) is 0 Å². The van der Waals surface area contributed by atoms with Crippen LogP contribution in [-0.2, 0) is 0 Å². The van der Waals surface area contributed by atoms with Crippen LogP contribution in [0.15, 0.2) is 67.3 Å². The molecule has 0 aliphatic heterocycles. The fourth-order valence-corrected chi connectivity index (χ4v) is 2.19. The smallest absolute Gasteiger partial charge is 0.124 e. The van der Waals surface area contributed by atoms with E-state index in [1.807, 2.05) is 24.3 Å². The molecule has 2 aromatic rings. The zero-order valence-electron chi connectivity index (χ0n) is 12.1. The quantitative estimate of drug-likeness (QED) is 0.477. The van der Waals surface area contributed by atoms with Crippen molar-refractivity contribution in [2.45, 2.75) is 32.3 Å². The third kappa shape index (κ3) is 4.27. The second-order valence-electron chi connectivity index (χ2n) is 5.05. The lowest BCUT2D eigenvalue weighted by Crippen LogP contribution is -2.07. The van der Waals surface area contributed by atoms with E-state index < -0.39 is 0 Å². The van der Waals surface area contributed by atoms with Gasteiger partial charge in [-0.2, -0.15) is 0 Å². The summed E-state index contributed by atoms with van der Waals surface area (Å²) in [7, 11) is 0. The Morgan fingerprint density at radius 3 is 2.40 bits per heavy atom. The maximum absolute atomic E-state index is 6.17. The molecule has 0 aromatic heterocycles. The van der Waals surface area contributed by atoms with Crippen LogP contribution in [0.25, 0.3) is 0 Å². The number of aryl methyl sites for hydroxylation is 1. The van der Waals surface area contributed by atoms with Gasteiger partial charge in [0.1, 0.15) is 11.9 Å². The minimum Gasteiger partial charge on any atom is -0.486 e. The van der Waals surface area contributed by atoms with Crippen molar-refractivity contribution in [1.29, 1.82) is 0 Å². The van der Waals surface area contributed by atoms with Crippen LogP contribution in [0.2, 0.25) is 0 Å². The maximum atomic E-state index is 6.17. The predicted molar refractivity (Wildman–Crippen MR) is 85.0 cm³/mol. The van der Waals surface area contributed by atoms with E-state index in [-0.39, 0.29) is 6.10 Å². The van der Waals surface area contributed by atoms with Gasteiger partial charge in [-0.05, 0) is 43.9 Å². The number of hydrogen-bond donors (Lipinski definition) is 0. The van der Waals surface area contributed by atoms with E-state index in [0.29, 0.717) is 0 Å². The van der Waals surface area contributed by atoms with Gasteiger partial charge in [0.15, 0.2) is 0 Å². The average Bonchev–Trinajstić information content (AvgIpc) is 2.49. The van der Waals surface area contributed by atoms with Crippen molar-refractivity contribution in [2.75, 3.05) is 0 Å². The molecule has 0 bridgehead atoms. The molecule has 0 heterocycles. The van der Waals surface area contributed by atoms with E-state index in [0.717, 1.165) is 25.0 Å². The molecule has 0 spiro atoms. The van der Waals surface area contributed by atoms with Crippen LogP contribution < -0.4 is 4.74 Å². The molecule has 1 heteroatoms. The molecule has 104 valence electrons. The maximum Gasteiger partial charge on any atom is 0.124 e. The molecule has 0 saturated heterocycles. The summed E-state index contributed by atoms with van der Waals surface area (Å²) in [5.74, 6) is 0.933. The molecule has 2 rings (SSSR count). The highest BCUT2D eigenvalue weighted by Gasteiger charge is 2.12. The Kier molecular flexibility index (Phi) is 5.43. The van der Waals surface area contributed by atoms with E-state index >= 15 is 0 Å². The number of unbranched alkanes of at least 4 members (excludes halogenated alkanes) is 1. The van der Waals surface area contributed by atoms with Crippen molar-refractivity contribution < 1.29 is 4.74 Å². The largest absolute Gasteiger partial charge is 0.486 e. The van der Waals surface area contributed by atoms with Crippen LogP contribution in [0, 0.1) is 6.92 Å². The van der Waals surface area contributed by atoms with Crippen LogP contribution in [0.1, 0.15) is 36.5 Å². The number of ether oxygens (including phenoxy) is 1. The van der Waals surface area contributed by atoms with Gasteiger partial charge in [-0.15, -0.1) is 6.58 Å². The second kappa shape index (κ2) is 7.54. The van der Waals surface area contributed by atoms with Crippen LogP contribution >= 0.6 is 0 Å². The summed E-state index contributed by atoms with van der Waals surface area (Å²) in [5.41, 5.74) is 2.48. The molecule has 0 fully saturated rings. The van der Waals surface area contributed by atoms with Crippen LogP contribution in [0.5, 0.6) is 5.75 Å². The van der Waals surface area contributed by atoms with E-state index in [2.05, 4.69) is 49.9 Å². The van der Waals surface area contributed by atoms with E-state index in [4.69, 9.17) is 4.74 Å². The molecule has 0 saturated carbocycles. The number of hydrogen-bond acceptors (Lipinski definition) is 1. The summed E-state index contributed by atoms with van der Waals surface area (Å²) in [6.07, 6.45) is 5.20. The van der Waals surface area contributed by atoms with Crippen molar-refractivity contribution in [1.82, 2.24) is 0 Å². The van der Waals surface area contributed by atoms with Gasteiger partial charge < -0.3 is 4.74 Å². The Bertz CT molecular complexity index is 513. The molecule has 1 nitrogen and oxygen atoms in total. The SMILES string of the molecule is C=CCCCC(Oc1ccc(C)cc1)c1ccccc1. The molecule has 1 atom stereocenters. The minimum atomic E-state index is 0.110. The van der Waals surface area contributed by atoms with Crippen molar-refractivity contribution in [3.63, 3.8) is 0 Å². The molecule has 0 aliphatic carbocycles. The number of rotatable bonds is 7. The number of benzene rings is 2. The lowest BCUT2D eigenvalue weighted by molar-refractivity contribution is 0.192. The first kappa shape index (κ1) is 14.4. The first-order valence-corrected chi connectivity index (χ1v) is 7.19. The highest BCUT2D eigenvalue weighted by molar-refractivity contribution is 5.28. The van der Waals surface area contributed by atoms with Crippen molar-refractivity contribution >= 4 is 0 Å². The van der Waals surface area contributed by atoms with Gasteiger partial charge in [-0.25, -0.2) is 0 Å². The van der Waals surface area contributed by atoms with Gasteiger partial charge in [-0.3, -0.25) is 0 Å². The number of allylic oxidation sites excluding steroid dienone is 1. The molecule has 1 unspecified atom stereocenters. The van der Waals surface area contributed by atoms with Gasteiger partial charge in [-0.1, -0.05) is 54.1 Å². The molecular weight excluding hydrogens is 244 g/mol. The first-order chi connectivity index (χ1) is 9.79. The molecular formula is C19H22O. The topological polar surface area (TPSA) is 9.23 Å². The first-order valence-electron chi connectivity index (χ1n) is 7.19. The average molecular weight is 266 g/mol. The van der Waals surface area contributed by atoms with E-state index in [1.165, 1.54) is 11.1 Å². The second-order valence-corrected chi connectivity index (χ2v) is 5.05. The molecule has 0 aliphatic rings. The fourth-order valence-electron chi connectivity index (χ4n) is 2.19. The standard InChI is InChI=1S/C19H22O/c1-3-4-6-11-19(17-9-7-5-8-10-17)20-18-14-12-16(2)13-15-18/h3,5,7-10,12-15,19H,1,4,6,11H2,2H3. The minimum absolute atomic E-state index is 0.110. The Morgan fingerprint density at radius 2 is 1.75 bits per heavy atom. The lowest BCUT2D eigenvalue weighted by Gasteiger charge is -2.19. The molecule has 2 aromatic carbocycles. The van der Waals surface area contributed by atoms with Crippen LogP contribution in [0.3, 0.4) is 0 Å². The van der Waals surface area contributed by atoms with Crippen LogP contribution in [0.4, 0.5) is 0 Å². The van der Waals surface area contributed by atoms with Crippen molar-refractivity contribution in [3.05, 3.63) is 78.4 Å². The lowest BCUT2D eigenvalue weighted by atomic mass is 10.0. The third-order valence-electron chi connectivity index (χ3n) is 3.35. The fraction of sp³-hybridized carbons (Fsp3) is 0.263. The summed E-state index contributed by atoms with van der Waals surface area (Å²) in [4.78, 5) is 0. The summed E-state index contributed by atoms with van der Waals surface area (Å²) >= 11 is 0. The summed E-state index contributed by atoms with van der Waals surface area (Å²) in [6.45, 7) is 5.87. The third-order valence-corrected chi connectivity index (χ3v) is 3.35. The van der Waals surface area contributed by atoms with Gasteiger partial charge in [0.05, 0.1) is 0 Å². The monoisotopic (exact) mass is 266 g/mol. The highest BCUT2D eigenvalue weighted by atomic mass is 16.5. The Hall–Kier alpha value is -2.02. The van der Waals surface area contributed by atoms with E-state index in [9.17, 15) is 0 Å². The van der Waals surface area contributed by atoms with Crippen molar-refractivity contribution in [2.24, 2.45) is 0 Å². The molecule has 20 heavy (non-hydrogen) atoms. The summed E-state index contributed by atoms with van der Waals surface area (Å²) in [6, 6.07) is 18.7. The zero-order chi connectivity index (χ0) is 14.2. The molecule has 0 radical (unpaired) electrons. The Balaban J connectivity index is 2.09. The normalized spacial score (nSPS) is 11.8. The zero-order valence-corrected chi connectivity index (χ0v) is 12.1. The van der Waals surface area contributed by atoms with Crippen molar-refractivity contribution in [3.8, 4) is 5.75 Å². The van der Waals surface area contributed by atoms with E-state index in [1.54, 1.807) is 0 Å². The predicted octanol–water partition coefficient (Wildman–Crippen LogP) is 5.47. The Labute approximate surface area is 121 Å². The van der Waals surface area contributed by atoms with Crippen LogP contribution in [-0.4, -0.2) is 0 Å². The van der Waals surface area contributed by atoms with Gasteiger partial charge in [0, 0.05) is 0 Å². The van der Waals surface area contributed by atoms with Gasteiger partial charge in [0.25, 0.3) is 0 Å². The molecule has 0 amide bonds. The summed E-state index contributed by atoms with van der Waals surface area (Å²) < 4.78 is 6.17. The highest BCUT2D eigenvalue weighted by Crippen LogP contribution is 2.26. The molecule has 0 N–H and O–H groups in total. The Morgan fingerprint density at radius 1 is 1.05 bits per heavy atom. The summed E-state index contributed by atoms with van der Waals surface area (Å²) in [5, 5.41) is 0.